The molecule has 0 aliphatic carbocycles. The molecule has 6 aromatic rings. The molecule has 0 bridgehead atoms. The van der Waals surface area contributed by atoms with Gasteiger partial charge in [-0.25, -0.2) is 0 Å². The first-order chi connectivity index (χ1) is 56.1. The molecule has 0 saturated carbocycles. The van der Waals surface area contributed by atoms with Crippen molar-refractivity contribution < 1.29 is 127 Å². The van der Waals surface area contributed by atoms with Gasteiger partial charge in [-0.3, -0.25) is 33.6 Å². The fourth-order valence-corrected chi connectivity index (χ4v) is 15.0. The molecule has 5 saturated heterocycles. The maximum absolute atomic E-state index is 13.3. The van der Waals surface area contributed by atoms with Crippen molar-refractivity contribution in [2.75, 3.05) is 44.7 Å². The summed E-state index contributed by atoms with van der Waals surface area (Å²) in [4.78, 5) is 89.2. The number of carbonyl (C=O) groups is 7. The number of rotatable bonds is 26. The van der Waals surface area contributed by atoms with Crippen LogP contribution in [0.25, 0.3) is 0 Å². The fourth-order valence-electron chi connectivity index (χ4n) is 14.4. The van der Waals surface area contributed by atoms with Gasteiger partial charge in [-0.1, -0.05) is 91.0 Å². The van der Waals surface area contributed by atoms with Crippen LogP contribution in [-0.4, -0.2) is 113 Å². The van der Waals surface area contributed by atoms with Gasteiger partial charge in [0, 0.05) is 69.8 Å². The van der Waals surface area contributed by atoms with Crippen LogP contribution in [0.5, 0.6) is 0 Å². The third-order valence-corrected chi connectivity index (χ3v) is 21.7. The minimum atomic E-state index is -4.99. The Balaban J connectivity index is 0.000000214. The molecule has 1 unspecified atom stereocenters. The molecule has 6 aromatic carbocycles. The highest BCUT2D eigenvalue weighted by atomic mass is 35.5. The maximum Gasteiger partial charge on any atom is 0.416 e. The van der Waals surface area contributed by atoms with E-state index in [0.29, 0.717) is 110 Å². The SMILES string of the molecule is C[C@@H](OC[C@@]1(c2ccccc2)CC(NC(=O)CCCCCl)C(=O)N1)c1cc(C(F)(F)F)cc(C(F)(F)F)c1.C[C@@H](OC[C@@]1(c2ccccc2)C[C@@H](N2CCCCC2=O)C(=O)N1)c1cc(C(F)(F)F)cc(C(F)(F)F)c1.C[C@@H](OC[C@@]1(c2ccccc2)C[C@H](N2CCCCC2=O)C(=O)N1)c1cc(C(F)(F)F)cc(C(F)(F)F)c1.O=C(Cl)CCCCCl. The summed E-state index contributed by atoms with van der Waals surface area (Å²) in [6.07, 6.45) is -25.8. The topological polar surface area (TPSA) is 202 Å². The van der Waals surface area contributed by atoms with Crippen molar-refractivity contribution in [2.24, 2.45) is 0 Å². The zero-order valence-corrected chi connectivity index (χ0v) is 67.1. The minimum Gasteiger partial charge on any atom is -0.371 e. The molecule has 37 heteroatoms. The van der Waals surface area contributed by atoms with Crippen molar-refractivity contribution in [3.8, 4) is 0 Å². The minimum absolute atomic E-state index is 0.0549. The third-order valence-electron chi connectivity index (χ3n) is 21.0. The lowest BCUT2D eigenvalue weighted by atomic mass is 9.87. The predicted molar refractivity (Wildman–Crippen MR) is 406 cm³/mol. The second-order valence-corrected chi connectivity index (χ2v) is 30.9. The van der Waals surface area contributed by atoms with Crippen LogP contribution >= 0.6 is 34.8 Å². The van der Waals surface area contributed by atoms with E-state index in [4.69, 9.17) is 49.0 Å². The third kappa shape index (κ3) is 26.2. The average molecular weight is 1780 g/mol. The number of ether oxygens (including phenoxy) is 3. The van der Waals surface area contributed by atoms with Crippen molar-refractivity contribution in [3.63, 3.8) is 0 Å². The van der Waals surface area contributed by atoms with Crippen LogP contribution in [0.1, 0.15) is 202 Å². The number of carbonyl (C=O) groups excluding carboxylic acids is 7. The van der Waals surface area contributed by atoms with Crippen molar-refractivity contribution in [1.29, 1.82) is 0 Å². The number of piperidine rings is 2. The van der Waals surface area contributed by atoms with Gasteiger partial charge in [0.1, 0.15) is 18.1 Å². The normalized spacial score (nSPS) is 21.8. The van der Waals surface area contributed by atoms with E-state index in [1.54, 1.807) is 91.0 Å². The molecule has 5 aliphatic rings. The van der Waals surface area contributed by atoms with Crippen LogP contribution in [0.3, 0.4) is 0 Å². The smallest absolute Gasteiger partial charge is 0.371 e. The van der Waals surface area contributed by atoms with Gasteiger partial charge in [-0.2, -0.15) is 79.0 Å². The van der Waals surface area contributed by atoms with Crippen LogP contribution in [0.15, 0.2) is 146 Å². The maximum atomic E-state index is 13.3. The summed E-state index contributed by atoms with van der Waals surface area (Å²) in [5.74, 6) is -0.820. The highest BCUT2D eigenvalue weighted by Crippen LogP contribution is 2.45. The molecule has 0 radical (unpaired) electrons. The lowest BCUT2D eigenvalue weighted by Crippen LogP contribution is -2.46. The number of alkyl halides is 20. The molecular weight excluding hydrogens is 1690 g/mol. The van der Waals surface area contributed by atoms with E-state index in [1.165, 1.54) is 30.6 Å². The first-order valence-corrected chi connectivity index (χ1v) is 39.6. The van der Waals surface area contributed by atoms with Gasteiger partial charge in [0.15, 0.2) is 0 Å². The first kappa shape index (κ1) is 96.8. The number of hydrogen-bond acceptors (Lipinski definition) is 10. The molecule has 5 fully saturated rings. The predicted octanol–water partition coefficient (Wildman–Crippen LogP) is 19.5. The van der Waals surface area contributed by atoms with Crippen molar-refractivity contribution in [3.05, 3.63) is 212 Å². The molecule has 6 amide bonds. The summed E-state index contributed by atoms with van der Waals surface area (Å²) in [6, 6.07) is 27.7. The molecule has 0 spiro atoms. The van der Waals surface area contributed by atoms with E-state index in [-0.39, 0.29) is 115 Å². The average Bonchev–Trinajstić information content (AvgIpc) is 1.60. The summed E-state index contributed by atoms with van der Waals surface area (Å²) < 4.78 is 257. The van der Waals surface area contributed by atoms with Crippen molar-refractivity contribution in [1.82, 2.24) is 31.1 Å². The van der Waals surface area contributed by atoms with Crippen molar-refractivity contribution >= 4 is 75.5 Å². The standard InChI is InChI=1S/C26H27ClF6N2O3.2C26H26F6N2O3.C5H8Cl2O/c1-16(17-11-19(25(28,29)30)13-20(12-17)26(31,32)33)38-15-24(18-7-3-2-4-8-18)14-21(23(37)35-24)34-22(36)9-5-6-10-27;2*1-16(17-11-19(25(27,28)29)13-20(12-17)26(30,31)32)37-15-24(18-7-3-2-4-8-18)14-21(23(36)33-24)34-10-6-5-9-22(34)35;6-4-2-1-3-5(7)8/h2-4,7-8,11-13,16,21H,5-6,9-10,14-15H2,1H3,(H,34,36)(H,35,37);2*2-4,7-8,11-13,16,21H,5-6,9-10,14-15H2,1H3,(H,33,36);1-4H2/t16-,21?,24-;16-,21+,24-;16-,21-,24-;/m111./s1. The van der Waals surface area contributed by atoms with Crippen LogP contribution < -0.4 is 21.3 Å². The molecule has 0 aromatic heterocycles. The second-order valence-electron chi connectivity index (χ2n) is 29.7. The Morgan fingerprint density at radius 3 is 0.975 bits per heavy atom. The number of benzene rings is 6. The number of likely N-dealkylation sites (tertiary alicyclic amines) is 2. The van der Waals surface area contributed by atoms with Gasteiger partial charge < -0.3 is 45.3 Å². The summed E-state index contributed by atoms with van der Waals surface area (Å²) in [5.41, 5.74) is -11.0. The molecule has 9 atom stereocenters. The van der Waals surface area contributed by atoms with E-state index in [9.17, 15) is 113 Å². The summed E-state index contributed by atoms with van der Waals surface area (Å²) in [5, 5.41) is 11.1. The zero-order chi connectivity index (χ0) is 88.6. The Morgan fingerprint density at radius 1 is 0.417 bits per heavy atom. The molecule has 120 heavy (non-hydrogen) atoms. The molecule has 11 rings (SSSR count). The van der Waals surface area contributed by atoms with Gasteiger partial charge in [0.25, 0.3) is 0 Å². The quantitative estimate of drug-likeness (QED) is 0.0175. The van der Waals surface area contributed by atoms with E-state index >= 15 is 0 Å². The number of nitrogens with one attached hydrogen (secondary N) is 4. The monoisotopic (exact) mass is 1770 g/mol. The number of nitrogens with zero attached hydrogens (tertiary/aromatic N) is 2. The summed E-state index contributed by atoms with van der Waals surface area (Å²) >= 11 is 16.0. The number of amides is 6. The molecule has 5 aliphatic heterocycles. The van der Waals surface area contributed by atoms with Crippen LogP contribution in [0.4, 0.5) is 79.0 Å². The van der Waals surface area contributed by atoms with Gasteiger partial charge in [0.05, 0.1) is 88.1 Å². The Kier molecular flexibility index (Phi) is 33.0. The second kappa shape index (κ2) is 41.0. The zero-order valence-electron chi connectivity index (χ0n) is 64.8. The molecular formula is C83H87Cl3F18N6O10. The fraction of sp³-hybridized carbons (Fsp3) is 0.482. The summed E-state index contributed by atoms with van der Waals surface area (Å²) in [6.45, 7) is 4.21. The number of unbranched alkanes of at least 4 members (excludes halogenated alkanes) is 2. The summed E-state index contributed by atoms with van der Waals surface area (Å²) in [7, 11) is 0. The molecule has 4 N–H and O–H groups in total. The van der Waals surface area contributed by atoms with E-state index in [2.05, 4.69) is 21.3 Å². The largest absolute Gasteiger partial charge is 0.416 e. The molecule has 656 valence electrons. The number of halogens is 21. The van der Waals surface area contributed by atoms with Gasteiger partial charge >= 0.3 is 37.1 Å². The van der Waals surface area contributed by atoms with Gasteiger partial charge in [0.2, 0.25) is 40.7 Å². The Labute approximate surface area is 694 Å². The van der Waals surface area contributed by atoms with E-state index in [0.717, 1.165) is 38.5 Å². The Morgan fingerprint density at radius 2 is 0.700 bits per heavy atom. The van der Waals surface area contributed by atoms with Gasteiger partial charge in [-0.05, 0) is 172 Å². The van der Waals surface area contributed by atoms with Crippen LogP contribution in [0, 0.1) is 0 Å². The van der Waals surface area contributed by atoms with Gasteiger partial charge in [-0.15, -0.1) is 23.2 Å². The lowest BCUT2D eigenvalue weighted by molar-refractivity contribution is -0.145. The molecule has 16 nitrogen and oxygen atoms in total. The van der Waals surface area contributed by atoms with Crippen LogP contribution in [-0.2, 0) is 101 Å². The lowest BCUT2D eigenvalue weighted by Gasteiger charge is -2.33. The Hall–Kier alpha value is -8.70. The van der Waals surface area contributed by atoms with E-state index in [1.807, 2.05) is 0 Å². The first-order valence-electron chi connectivity index (χ1n) is 38.2. The molecule has 5 heterocycles. The Bertz CT molecular complexity index is 4210. The van der Waals surface area contributed by atoms with E-state index < -0.39 is 129 Å². The van der Waals surface area contributed by atoms with Crippen LogP contribution in [0.2, 0.25) is 0 Å². The highest BCUT2D eigenvalue weighted by Gasteiger charge is 2.53. The van der Waals surface area contributed by atoms with Crippen molar-refractivity contribution in [2.45, 2.75) is 207 Å². The highest BCUT2D eigenvalue weighted by molar-refractivity contribution is 6.63. The number of hydrogen-bond donors (Lipinski definition) is 4.